The lowest BCUT2D eigenvalue weighted by Gasteiger charge is -2.28. The molecule has 0 N–H and O–H groups in total. The summed E-state index contributed by atoms with van der Waals surface area (Å²) >= 11 is 0. The molecule has 0 bridgehead atoms. The largest absolute Gasteiger partial charge is 0.496 e. The fourth-order valence-corrected chi connectivity index (χ4v) is 4.18. The highest BCUT2D eigenvalue weighted by Crippen LogP contribution is 2.20. The van der Waals surface area contributed by atoms with E-state index in [9.17, 15) is 18.8 Å². The molecule has 0 radical (unpaired) electrons. The Balaban J connectivity index is 1.64. The molecule has 0 fully saturated rings. The summed E-state index contributed by atoms with van der Waals surface area (Å²) in [5, 5.41) is 0.400. The van der Waals surface area contributed by atoms with Gasteiger partial charge in [0, 0.05) is 20.2 Å². The topological polar surface area (TPSA) is 89.3 Å². The van der Waals surface area contributed by atoms with Crippen LogP contribution >= 0.6 is 0 Å². The van der Waals surface area contributed by atoms with Crippen LogP contribution in [0.1, 0.15) is 21.5 Å². The normalized spacial score (nSPS) is 10.8. The van der Waals surface area contributed by atoms with E-state index in [4.69, 9.17) is 13.9 Å². The van der Waals surface area contributed by atoms with Crippen LogP contribution in [-0.4, -0.2) is 55.5 Å². The van der Waals surface area contributed by atoms with Crippen LogP contribution in [0.25, 0.3) is 11.0 Å². The van der Waals surface area contributed by atoms with Crippen LogP contribution in [0.4, 0.5) is 4.39 Å². The Bertz CT molecular complexity index is 1500. The third-order valence-electron chi connectivity index (χ3n) is 6.27. The van der Waals surface area contributed by atoms with E-state index in [1.54, 1.807) is 60.7 Å². The molecule has 202 valence electrons. The molecular weight excluding hydrogens is 503 g/mol. The van der Waals surface area contributed by atoms with Crippen LogP contribution in [-0.2, 0) is 22.6 Å². The molecule has 8 nitrogen and oxygen atoms in total. The molecule has 0 saturated heterocycles. The summed E-state index contributed by atoms with van der Waals surface area (Å²) < 4.78 is 29.7. The van der Waals surface area contributed by atoms with Gasteiger partial charge in [-0.2, -0.15) is 0 Å². The average molecular weight is 533 g/mol. The standard InChI is InChI=1S/C30H29FN2O6/c1-37-16-15-32(30(36)25-8-4-5-9-26(25)38-2)19-28(34)33(17-21-11-13-23(31)14-12-21)18-22-20-39-27-10-6-3-7-24(27)29(22)35/h3-14,20H,15-19H2,1-2H3. The Labute approximate surface area is 225 Å². The summed E-state index contributed by atoms with van der Waals surface area (Å²) in [6.07, 6.45) is 1.35. The minimum absolute atomic E-state index is 0.0651. The number of benzene rings is 3. The van der Waals surface area contributed by atoms with Crippen molar-refractivity contribution in [2.45, 2.75) is 13.1 Å². The highest BCUT2D eigenvalue weighted by Gasteiger charge is 2.25. The van der Waals surface area contributed by atoms with Crippen LogP contribution in [0.15, 0.2) is 88.3 Å². The molecule has 2 amide bonds. The predicted octanol–water partition coefficient (Wildman–Crippen LogP) is 4.26. The van der Waals surface area contributed by atoms with Gasteiger partial charge >= 0.3 is 0 Å². The number of halogens is 1. The number of hydrogen-bond acceptors (Lipinski definition) is 6. The van der Waals surface area contributed by atoms with Crippen molar-refractivity contribution in [2.24, 2.45) is 0 Å². The van der Waals surface area contributed by atoms with E-state index in [2.05, 4.69) is 0 Å². The summed E-state index contributed by atoms with van der Waals surface area (Å²) in [5.41, 5.74) is 1.44. The van der Waals surface area contributed by atoms with Gasteiger partial charge in [0.05, 0.1) is 43.0 Å². The van der Waals surface area contributed by atoms with Gasteiger partial charge in [-0.1, -0.05) is 36.4 Å². The van der Waals surface area contributed by atoms with Gasteiger partial charge in [-0.3, -0.25) is 14.4 Å². The molecule has 3 aromatic carbocycles. The summed E-state index contributed by atoms with van der Waals surface area (Å²) in [4.78, 5) is 43.2. The van der Waals surface area contributed by atoms with Crippen molar-refractivity contribution in [2.75, 3.05) is 33.9 Å². The monoisotopic (exact) mass is 532 g/mol. The molecule has 1 heterocycles. The van der Waals surface area contributed by atoms with Crippen LogP contribution in [0.3, 0.4) is 0 Å². The van der Waals surface area contributed by atoms with E-state index in [-0.39, 0.29) is 43.8 Å². The first kappa shape index (κ1) is 27.5. The molecule has 0 unspecified atom stereocenters. The van der Waals surface area contributed by atoms with Crippen LogP contribution < -0.4 is 10.2 Å². The van der Waals surface area contributed by atoms with Crippen molar-refractivity contribution in [1.82, 2.24) is 9.80 Å². The number of carbonyl (C=O) groups is 2. The van der Waals surface area contributed by atoms with Gasteiger partial charge in [0.15, 0.2) is 5.43 Å². The minimum Gasteiger partial charge on any atom is -0.496 e. The zero-order valence-corrected chi connectivity index (χ0v) is 21.8. The van der Waals surface area contributed by atoms with E-state index < -0.39 is 17.6 Å². The van der Waals surface area contributed by atoms with Gasteiger partial charge in [-0.05, 0) is 42.0 Å². The zero-order valence-electron chi connectivity index (χ0n) is 21.8. The number of ether oxygens (including phenoxy) is 2. The van der Waals surface area contributed by atoms with Crippen LogP contribution in [0, 0.1) is 5.82 Å². The summed E-state index contributed by atoms with van der Waals surface area (Å²) in [7, 11) is 2.98. The maximum absolute atomic E-state index is 13.7. The molecule has 0 aliphatic carbocycles. The first-order valence-corrected chi connectivity index (χ1v) is 12.3. The van der Waals surface area contributed by atoms with Crippen molar-refractivity contribution in [3.63, 3.8) is 0 Å². The third kappa shape index (κ3) is 6.69. The molecule has 0 aliphatic heterocycles. The number of hydrogen-bond donors (Lipinski definition) is 0. The predicted molar refractivity (Wildman–Crippen MR) is 144 cm³/mol. The highest BCUT2D eigenvalue weighted by atomic mass is 19.1. The molecule has 1 aromatic heterocycles. The Morgan fingerprint density at radius 2 is 1.62 bits per heavy atom. The number of amides is 2. The second-order valence-electron chi connectivity index (χ2n) is 8.88. The average Bonchev–Trinajstić information content (AvgIpc) is 2.96. The Kier molecular flexibility index (Phi) is 9.06. The summed E-state index contributed by atoms with van der Waals surface area (Å²) in [6, 6.07) is 19.4. The lowest BCUT2D eigenvalue weighted by molar-refractivity contribution is -0.133. The fourth-order valence-electron chi connectivity index (χ4n) is 4.18. The number of rotatable bonds is 11. The Morgan fingerprint density at radius 1 is 0.897 bits per heavy atom. The molecule has 39 heavy (non-hydrogen) atoms. The number of fused-ring (bicyclic) bond motifs is 1. The quantitative estimate of drug-likeness (QED) is 0.287. The van der Waals surface area contributed by atoms with Crippen molar-refractivity contribution in [3.8, 4) is 5.75 Å². The van der Waals surface area contributed by atoms with Crippen molar-refractivity contribution < 1.29 is 27.9 Å². The molecule has 4 aromatic rings. The first-order valence-electron chi connectivity index (χ1n) is 12.3. The maximum Gasteiger partial charge on any atom is 0.258 e. The van der Waals surface area contributed by atoms with Crippen LogP contribution in [0.5, 0.6) is 5.75 Å². The Morgan fingerprint density at radius 3 is 2.36 bits per heavy atom. The smallest absolute Gasteiger partial charge is 0.258 e. The lowest BCUT2D eigenvalue weighted by atomic mass is 10.1. The van der Waals surface area contributed by atoms with Gasteiger partial charge in [0.1, 0.15) is 23.7 Å². The number of para-hydroxylation sites is 2. The first-order chi connectivity index (χ1) is 18.9. The van der Waals surface area contributed by atoms with E-state index in [0.29, 0.717) is 27.8 Å². The van der Waals surface area contributed by atoms with E-state index in [0.717, 1.165) is 0 Å². The van der Waals surface area contributed by atoms with Gasteiger partial charge in [0.2, 0.25) is 5.91 Å². The zero-order chi connectivity index (χ0) is 27.8. The van der Waals surface area contributed by atoms with Crippen molar-refractivity contribution in [3.05, 3.63) is 112 Å². The van der Waals surface area contributed by atoms with Gasteiger partial charge in [0.25, 0.3) is 5.91 Å². The highest BCUT2D eigenvalue weighted by molar-refractivity contribution is 5.98. The van der Waals surface area contributed by atoms with Crippen molar-refractivity contribution in [1.29, 1.82) is 0 Å². The number of carbonyl (C=O) groups excluding carboxylic acids is 2. The van der Waals surface area contributed by atoms with Gasteiger partial charge in [-0.25, -0.2) is 4.39 Å². The molecule has 0 aliphatic rings. The van der Waals surface area contributed by atoms with E-state index >= 15 is 0 Å². The van der Waals surface area contributed by atoms with Crippen LogP contribution in [0.2, 0.25) is 0 Å². The molecular formula is C30H29FN2O6. The van der Waals surface area contributed by atoms with E-state index in [1.165, 1.54) is 42.4 Å². The number of nitrogens with zero attached hydrogens (tertiary/aromatic N) is 2. The second kappa shape index (κ2) is 12.8. The Hall–Kier alpha value is -4.50. The molecule has 0 atom stereocenters. The fraction of sp³-hybridized carbons (Fsp3) is 0.233. The summed E-state index contributed by atoms with van der Waals surface area (Å²) in [6.45, 7) is 0.110. The molecule has 4 rings (SSSR count). The van der Waals surface area contributed by atoms with Gasteiger partial charge in [-0.15, -0.1) is 0 Å². The van der Waals surface area contributed by atoms with E-state index in [1.807, 2.05) is 0 Å². The molecule has 0 saturated carbocycles. The van der Waals surface area contributed by atoms with Crippen molar-refractivity contribution >= 4 is 22.8 Å². The molecule has 0 spiro atoms. The number of methoxy groups -OCH3 is 2. The lowest BCUT2D eigenvalue weighted by Crippen LogP contribution is -2.44. The molecule has 9 heteroatoms. The SMILES string of the molecule is COCCN(CC(=O)N(Cc1ccc(F)cc1)Cc1coc2ccccc2c1=O)C(=O)c1ccccc1OC. The third-order valence-corrected chi connectivity index (χ3v) is 6.27. The summed E-state index contributed by atoms with van der Waals surface area (Å²) in [5.74, 6) is -0.828. The maximum atomic E-state index is 13.7. The van der Waals surface area contributed by atoms with Gasteiger partial charge < -0.3 is 23.7 Å². The second-order valence-corrected chi connectivity index (χ2v) is 8.88. The minimum atomic E-state index is -0.411.